The Morgan fingerprint density at radius 3 is 1.78 bits per heavy atom. The third-order valence-electron chi connectivity index (χ3n) is 11.5. The third kappa shape index (κ3) is 4.60. The molecule has 0 unspecified atom stereocenters. The lowest BCUT2D eigenvalue weighted by Crippen LogP contribution is -1.94. The highest BCUT2D eigenvalue weighted by Gasteiger charge is 2.20. The van der Waals surface area contributed by atoms with Crippen LogP contribution in [-0.2, 0) is 0 Å². The standard InChI is InChI=1S/C52H32N2S/c1-2-11-33(12-3-1)36-15-10-16-39(29-36)54-47-26-23-38(32-44(47)51-48(54)27-28-50-52(51)42-18-7-9-20-49(42)55-50)37-22-25-46-43(31-37)41-17-6-8-19-45(41)53(46)40-24-21-34-13-4-5-14-35(34)30-40/h1-32H. The Kier molecular flexibility index (Phi) is 6.54. The molecule has 3 heterocycles. The molecule has 3 aromatic heterocycles. The molecule has 55 heavy (non-hydrogen) atoms. The van der Waals surface area contributed by atoms with Gasteiger partial charge in [-0.3, -0.25) is 0 Å². The zero-order valence-electron chi connectivity index (χ0n) is 29.8. The molecule has 0 aliphatic rings. The minimum atomic E-state index is 1.16. The van der Waals surface area contributed by atoms with Crippen LogP contribution in [0.5, 0.6) is 0 Å². The van der Waals surface area contributed by atoms with Gasteiger partial charge in [-0.15, -0.1) is 11.3 Å². The summed E-state index contributed by atoms with van der Waals surface area (Å²) in [5.41, 5.74) is 12.1. The number of nitrogens with zero attached hydrogens (tertiary/aromatic N) is 2. The Hall–Kier alpha value is -6.94. The Balaban J connectivity index is 1.10. The van der Waals surface area contributed by atoms with E-state index in [9.17, 15) is 0 Å². The summed E-state index contributed by atoms with van der Waals surface area (Å²) in [6.07, 6.45) is 0. The van der Waals surface area contributed by atoms with Crippen LogP contribution in [0.4, 0.5) is 0 Å². The maximum Gasteiger partial charge on any atom is 0.0548 e. The van der Waals surface area contributed by atoms with Crippen LogP contribution < -0.4 is 0 Å². The summed E-state index contributed by atoms with van der Waals surface area (Å²) in [6.45, 7) is 0. The lowest BCUT2D eigenvalue weighted by molar-refractivity contribution is 1.18. The first-order valence-electron chi connectivity index (χ1n) is 18.8. The molecule has 12 aromatic rings. The van der Waals surface area contributed by atoms with E-state index in [0.717, 1.165) is 5.69 Å². The van der Waals surface area contributed by atoms with Gasteiger partial charge in [0.15, 0.2) is 0 Å². The molecular formula is C52H32N2S. The molecule has 0 saturated carbocycles. The van der Waals surface area contributed by atoms with Crippen molar-refractivity contribution in [2.24, 2.45) is 0 Å². The highest BCUT2D eigenvalue weighted by molar-refractivity contribution is 7.26. The second kappa shape index (κ2) is 11.8. The predicted molar refractivity (Wildman–Crippen MR) is 236 cm³/mol. The largest absolute Gasteiger partial charge is 0.309 e. The van der Waals surface area contributed by atoms with Crippen molar-refractivity contribution in [3.63, 3.8) is 0 Å². The molecule has 0 amide bonds. The zero-order chi connectivity index (χ0) is 36.0. The number of aromatic nitrogens is 2. The summed E-state index contributed by atoms with van der Waals surface area (Å²) < 4.78 is 7.52. The molecule has 0 bridgehead atoms. The molecular weight excluding hydrogens is 685 g/mol. The van der Waals surface area contributed by atoms with E-state index in [2.05, 4.69) is 203 Å². The van der Waals surface area contributed by atoms with Crippen molar-refractivity contribution in [3.8, 4) is 33.6 Å². The Bertz CT molecular complexity index is 3490. The molecule has 12 rings (SSSR count). The molecule has 0 saturated heterocycles. The summed E-state index contributed by atoms with van der Waals surface area (Å²) in [4.78, 5) is 0. The SMILES string of the molecule is c1ccc(-c2cccc(-n3c4ccc(-c5ccc6c(c5)c5ccccc5n6-c5ccc6ccccc6c5)cc4c4c5c(ccc43)sc3ccccc35)c2)cc1. The second-order valence-electron chi connectivity index (χ2n) is 14.5. The summed E-state index contributed by atoms with van der Waals surface area (Å²) in [6, 6.07) is 71.5. The summed E-state index contributed by atoms with van der Waals surface area (Å²) in [5, 5.41) is 10.3. The van der Waals surface area contributed by atoms with Crippen LogP contribution in [0.1, 0.15) is 0 Å². The topological polar surface area (TPSA) is 9.86 Å². The molecule has 0 atom stereocenters. The van der Waals surface area contributed by atoms with Gasteiger partial charge in [-0.2, -0.15) is 0 Å². The second-order valence-corrected chi connectivity index (χ2v) is 15.6. The lowest BCUT2D eigenvalue weighted by atomic mass is 9.99. The van der Waals surface area contributed by atoms with Crippen LogP contribution in [0.15, 0.2) is 194 Å². The van der Waals surface area contributed by atoms with Crippen molar-refractivity contribution in [2.75, 3.05) is 0 Å². The number of hydrogen-bond acceptors (Lipinski definition) is 1. The van der Waals surface area contributed by atoms with Crippen LogP contribution in [0.25, 0.3) is 108 Å². The molecule has 0 aliphatic carbocycles. The van der Waals surface area contributed by atoms with Gasteiger partial charge in [0.2, 0.25) is 0 Å². The summed E-state index contributed by atoms with van der Waals surface area (Å²) in [7, 11) is 0. The van der Waals surface area contributed by atoms with E-state index < -0.39 is 0 Å². The Labute approximate surface area is 321 Å². The van der Waals surface area contributed by atoms with E-state index in [1.807, 2.05) is 11.3 Å². The lowest BCUT2D eigenvalue weighted by Gasteiger charge is -2.11. The van der Waals surface area contributed by atoms with Gasteiger partial charge in [-0.25, -0.2) is 0 Å². The van der Waals surface area contributed by atoms with Gasteiger partial charge < -0.3 is 9.13 Å². The van der Waals surface area contributed by atoms with E-state index in [1.54, 1.807) is 0 Å². The normalized spacial score (nSPS) is 12.0. The number of thiophene rings is 1. The predicted octanol–water partition coefficient (Wildman–Crippen LogP) is 14.7. The molecule has 9 aromatic carbocycles. The first-order chi connectivity index (χ1) is 27.3. The molecule has 0 fully saturated rings. The minimum absolute atomic E-state index is 1.16. The van der Waals surface area contributed by atoms with E-state index in [-0.39, 0.29) is 0 Å². The van der Waals surface area contributed by atoms with Crippen LogP contribution in [0.2, 0.25) is 0 Å². The number of para-hydroxylation sites is 1. The van der Waals surface area contributed by atoms with Crippen LogP contribution in [0.3, 0.4) is 0 Å². The van der Waals surface area contributed by atoms with Crippen LogP contribution in [-0.4, -0.2) is 9.13 Å². The van der Waals surface area contributed by atoms with E-state index in [1.165, 1.54) is 102 Å². The molecule has 0 radical (unpaired) electrons. The fraction of sp³-hybridized carbons (Fsp3) is 0. The number of hydrogen-bond donors (Lipinski definition) is 0. The fourth-order valence-corrected chi connectivity index (χ4v) is 10.1. The first-order valence-corrected chi connectivity index (χ1v) is 19.7. The molecule has 0 N–H and O–H groups in total. The number of rotatable bonds is 4. The average Bonchev–Trinajstić information content (AvgIpc) is 3.91. The van der Waals surface area contributed by atoms with Gasteiger partial charge in [0, 0.05) is 53.1 Å². The minimum Gasteiger partial charge on any atom is -0.309 e. The maximum absolute atomic E-state index is 2.47. The van der Waals surface area contributed by atoms with E-state index in [4.69, 9.17) is 0 Å². The Morgan fingerprint density at radius 1 is 0.291 bits per heavy atom. The number of benzene rings is 9. The van der Waals surface area contributed by atoms with Crippen molar-refractivity contribution in [3.05, 3.63) is 194 Å². The molecule has 0 aliphatic heterocycles. The van der Waals surface area contributed by atoms with Gasteiger partial charge in [0.1, 0.15) is 0 Å². The van der Waals surface area contributed by atoms with Crippen molar-refractivity contribution in [1.29, 1.82) is 0 Å². The van der Waals surface area contributed by atoms with Gasteiger partial charge in [0.25, 0.3) is 0 Å². The maximum atomic E-state index is 2.47. The summed E-state index contributed by atoms with van der Waals surface area (Å²) in [5.74, 6) is 0. The molecule has 2 nitrogen and oxygen atoms in total. The van der Waals surface area contributed by atoms with Gasteiger partial charge in [-0.05, 0) is 106 Å². The van der Waals surface area contributed by atoms with Crippen molar-refractivity contribution < 1.29 is 0 Å². The highest BCUT2D eigenvalue weighted by atomic mass is 32.1. The first kappa shape index (κ1) is 30.5. The number of fused-ring (bicyclic) bond motifs is 11. The quantitative estimate of drug-likeness (QED) is 0.172. The monoisotopic (exact) mass is 716 g/mol. The fourth-order valence-electron chi connectivity index (χ4n) is 8.99. The Morgan fingerprint density at radius 2 is 0.909 bits per heavy atom. The van der Waals surface area contributed by atoms with Gasteiger partial charge >= 0.3 is 0 Å². The van der Waals surface area contributed by atoms with Crippen LogP contribution >= 0.6 is 11.3 Å². The van der Waals surface area contributed by atoms with Gasteiger partial charge in [-0.1, -0.05) is 121 Å². The third-order valence-corrected chi connectivity index (χ3v) is 12.6. The van der Waals surface area contributed by atoms with Crippen molar-refractivity contribution in [1.82, 2.24) is 9.13 Å². The van der Waals surface area contributed by atoms with Gasteiger partial charge in [0.05, 0.1) is 22.1 Å². The van der Waals surface area contributed by atoms with E-state index in [0.29, 0.717) is 0 Å². The molecule has 0 spiro atoms. The van der Waals surface area contributed by atoms with Crippen LogP contribution in [0, 0.1) is 0 Å². The zero-order valence-corrected chi connectivity index (χ0v) is 30.6. The average molecular weight is 717 g/mol. The van der Waals surface area contributed by atoms with E-state index >= 15 is 0 Å². The summed E-state index contributed by atoms with van der Waals surface area (Å²) >= 11 is 1.88. The molecule has 256 valence electrons. The smallest absolute Gasteiger partial charge is 0.0548 e. The van der Waals surface area contributed by atoms with Crippen molar-refractivity contribution >= 4 is 85.9 Å². The highest BCUT2D eigenvalue weighted by Crippen LogP contribution is 2.45. The van der Waals surface area contributed by atoms with Crippen molar-refractivity contribution in [2.45, 2.75) is 0 Å². The molecule has 3 heteroatoms.